The molecule has 0 aliphatic heterocycles. The van der Waals surface area contributed by atoms with Crippen LogP contribution in [-0.2, 0) is 16.1 Å². The molecule has 2 aromatic heterocycles. The van der Waals surface area contributed by atoms with Gasteiger partial charge in [0.25, 0.3) is 0 Å². The van der Waals surface area contributed by atoms with Crippen molar-refractivity contribution in [3.8, 4) is 11.4 Å². The lowest BCUT2D eigenvalue weighted by Gasteiger charge is -2.16. The highest BCUT2D eigenvalue weighted by molar-refractivity contribution is 7.10. The SMILES string of the molecule is CO[C@H](Cn1ccnc1-c1ccc(NC(C)=O)cc1)c1cccs1. The second kappa shape index (κ2) is 7.42. The van der Waals surface area contributed by atoms with Gasteiger partial charge in [-0.05, 0) is 35.7 Å². The molecule has 0 aliphatic carbocycles. The molecule has 0 saturated heterocycles. The molecule has 1 atom stereocenters. The Morgan fingerprint density at radius 1 is 1.33 bits per heavy atom. The summed E-state index contributed by atoms with van der Waals surface area (Å²) in [5, 5.41) is 4.82. The van der Waals surface area contributed by atoms with Gasteiger partial charge in [0.1, 0.15) is 11.9 Å². The molecule has 3 aromatic rings. The van der Waals surface area contributed by atoms with Crippen LogP contribution in [0.2, 0.25) is 0 Å². The molecule has 0 aliphatic rings. The zero-order valence-electron chi connectivity index (χ0n) is 13.6. The van der Waals surface area contributed by atoms with Gasteiger partial charge in [-0.3, -0.25) is 4.79 Å². The molecular formula is C18H19N3O2S. The maximum atomic E-state index is 11.1. The molecule has 124 valence electrons. The number of ether oxygens (including phenoxy) is 1. The highest BCUT2D eigenvalue weighted by atomic mass is 32.1. The predicted octanol–water partition coefficient (Wildman–Crippen LogP) is 3.96. The molecule has 3 rings (SSSR count). The smallest absolute Gasteiger partial charge is 0.221 e. The number of anilines is 1. The lowest BCUT2D eigenvalue weighted by molar-refractivity contribution is -0.114. The first kappa shape index (κ1) is 16.4. The predicted molar refractivity (Wildman–Crippen MR) is 96.0 cm³/mol. The fourth-order valence-electron chi connectivity index (χ4n) is 2.56. The maximum absolute atomic E-state index is 11.1. The third-order valence-electron chi connectivity index (χ3n) is 3.69. The van der Waals surface area contributed by atoms with Crippen LogP contribution in [0.5, 0.6) is 0 Å². The number of imidazole rings is 1. The van der Waals surface area contributed by atoms with E-state index in [-0.39, 0.29) is 12.0 Å². The summed E-state index contributed by atoms with van der Waals surface area (Å²) in [4.78, 5) is 16.8. The van der Waals surface area contributed by atoms with Crippen molar-refractivity contribution >= 4 is 22.9 Å². The highest BCUT2D eigenvalue weighted by Gasteiger charge is 2.15. The van der Waals surface area contributed by atoms with E-state index in [2.05, 4.69) is 26.3 Å². The van der Waals surface area contributed by atoms with Gasteiger partial charge in [0.15, 0.2) is 0 Å². The summed E-state index contributed by atoms with van der Waals surface area (Å²) in [5.41, 5.74) is 1.77. The quantitative estimate of drug-likeness (QED) is 0.738. The maximum Gasteiger partial charge on any atom is 0.221 e. The van der Waals surface area contributed by atoms with E-state index in [1.165, 1.54) is 11.8 Å². The highest BCUT2D eigenvalue weighted by Crippen LogP contribution is 2.26. The number of thiophene rings is 1. The number of carbonyl (C=O) groups excluding carboxylic acids is 1. The van der Waals surface area contributed by atoms with E-state index in [0.717, 1.165) is 17.1 Å². The van der Waals surface area contributed by atoms with E-state index in [4.69, 9.17) is 4.74 Å². The molecule has 1 amide bonds. The van der Waals surface area contributed by atoms with Gasteiger partial charge in [0.05, 0.1) is 6.54 Å². The van der Waals surface area contributed by atoms with Crippen molar-refractivity contribution in [1.29, 1.82) is 0 Å². The Balaban J connectivity index is 1.81. The van der Waals surface area contributed by atoms with Crippen molar-refractivity contribution in [2.24, 2.45) is 0 Å². The number of benzene rings is 1. The number of nitrogens with zero attached hydrogens (tertiary/aromatic N) is 2. The molecule has 5 nitrogen and oxygen atoms in total. The first-order valence-corrected chi connectivity index (χ1v) is 8.50. The van der Waals surface area contributed by atoms with E-state index < -0.39 is 0 Å². The zero-order valence-corrected chi connectivity index (χ0v) is 14.4. The van der Waals surface area contributed by atoms with E-state index >= 15 is 0 Å². The lowest BCUT2D eigenvalue weighted by Crippen LogP contribution is -2.10. The Kier molecular flexibility index (Phi) is 5.08. The summed E-state index contributed by atoms with van der Waals surface area (Å²) in [5.74, 6) is 0.797. The first-order valence-electron chi connectivity index (χ1n) is 7.62. The number of methoxy groups -OCH3 is 1. The third-order valence-corrected chi connectivity index (χ3v) is 4.65. The summed E-state index contributed by atoms with van der Waals surface area (Å²) < 4.78 is 7.72. The lowest BCUT2D eigenvalue weighted by atomic mass is 10.2. The number of amides is 1. The van der Waals surface area contributed by atoms with E-state index in [1.807, 2.05) is 36.5 Å². The van der Waals surface area contributed by atoms with Gasteiger partial charge >= 0.3 is 0 Å². The second-order valence-corrected chi connectivity index (χ2v) is 6.38. The van der Waals surface area contributed by atoms with Crippen LogP contribution in [0, 0.1) is 0 Å². The number of hydrogen-bond donors (Lipinski definition) is 1. The molecule has 2 heterocycles. The number of nitrogens with one attached hydrogen (secondary N) is 1. The molecule has 0 unspecified atom stereocenters. The topological polar surface area (TPSA) is 56.1 Å². The number of hydrogen-bond acceptors (Lipinski definition) is 4. The number of carbonyl (C=O) groups is 1. The number of aromatic nitrogens is 2. The Morgan fingerprint density at radius 2 is 2.12 bits per heavy atom. The van der Waals surface area contributed by atoms with Crippen LogP contribution < -0.4 is 5.32 Å². The summed E-state index contributed by atoms with van der Waals surface area (Å²) in [6, 6.07) is 11.8. The van der Waals surface area contributed by atoms with Crippen LogP contribution in [0.25, 0.3) is 11.4 Å². The van der Waals surface area contributed by atoms with E-state index in [9.17, 15) is 4.79 Å². The Labute approximate surface area is 144 Å². The summed E-state index contributed by atoms with van der Waals surface area (Å²) in [6.45, 7) is 2.19. The van der Waals surface area contributed by atoms with Crippen molar-refractivity contribution in [2.75, 3.05) is 12.4 Å². The van der Waals surface area contributed by atoms with Crippen molar-refractivity contribution in [3.05, 3.63) is 59.0 Å². The molecule has 0 spiro atoms. The molecule has 0 bridgehead atoms. The average Bonchev–Trinajstić information content (AvgIpc) is 3.24. The molecule has 24 heavy (non-hydrogen) atoms. The number of rotatable bonds is 6. The fraction of sp³-hybridized carbons (Fsp3) is 0.222. The van der Waals surface area contributed by atoms with Crippen molar-refractivity contribution in [2.45, 2.75) is 19.6 Å². The molecule has 1 N–H and O–H groups in total. The average molecular weight is 341 g/mol. The second-order valence-electron chi connectivity index (χ2n) is 5.40. The Hall–Kier alpha value is -2.44. The van der Waals surface area contributed by atoms with Crippen molar-refractivity contribution < 1.29 is 9.53 Å². The van der Waals surface area contributed by atoms with Crippen LogP contribution in [0.3, 0.4) is 0 Å². The molecule has 0 radical (unpaired) electrons. The molecule has 0 saturated carbocycles. The third kappa shape index (κ3) is 3.72. The van der Waals surface area contributed by atoms with Gasteiger partial charge in [0.2, 0.25) is 5.91 Å². The van der Waals surface area contributed by atoms with Gasteiger partial charge in [-0.2, -0.15) is 0 Å². The monoisotopic (exact) mass is 341 g/mol. The van der Waals surface area contributed by atoms with Crippen molar-refractivity contribution in [3.63, 3.8) is 0 Å². The van der Waals surface area contributed by atoms with Crippen LogP contribution in [0.4, 0.5) is 5.69 Å². The molecular weight excluding hydrogens is 322 g/mol. The van der Waals surface area contributed by atoms with Gasteiger partial charge < -0.3 is 14.6 Å². The standard InChI is InChI=1S/C18H19N3O2S/c1-13(22)20-15-7-5-14(6-8-15)18-19-9-10-21(18)12-16(23-2)17-4-3-11-24-17/h3-11,16H,12H2,1-2H3,(H,20,22)/t16-/m1/s1. The van der Waals surface area contributed by atoms with Crippen molar-refractivity contribution in [1.82, 2.24) is 9.55 Å². The van der Waals surface area contributed by atoms with E-state index in [1.54, 1.807) is 24.6 Å². The Bertz CT molecular complexity index is 794. The molecule has 1 aromatic carbocycles. The minimum atomic E-state index is -0.0804. The molecule has 0 fully saturated rings. The zero-order chi connectivity index (χ0) is 16.9. The Morgan fingerprint density at radius 3 is 2.75 bits per heavy atom. The van der Waals surface area contributed by atoms with Gasteiger partial charge in [-0.25, -0.2) is 4.98 Å². The summed E-state index contributed by atoms with van der Waals surface area (Å²) in [7, 11) is 1.73. The minimum Gasteiger partial charge on any atom is -0.374 e. The van der Waals surface area contributed by atoms with Gasteiger partial charge in [-0.15, -0.1) is 11.3 Å². The van der Waals surface area contributed by atoms with Crippen LogP contribution in [0.15, 0.2) is 54.2 Å². The summed E-state index contributed by atoms with van der Waals surface area (Å²) in [6.07, 6.45) is 3.74. The van der Waals surface area contributed by atoms with Crippen LogP contribution >= 0.6 is 11.3 Å². The van der Waals surface area contributed by atoms with E-state index in [0.29, 0.717) is 6.54 Å². The van der Waals surface area contributed by atoms with Gasteiger partial charge in [-0.1, -0.05) is 6.07 Å². The first-order chi connectivity index (χ1) is 11.7. The fourth-order valence-corrected chi connectivity index (χ4v) is 3.35. The largest absolute Gasteiger partial charge is 0.374 e. The van der Waals surface area contributed by atoms with Crippen LogP contribution in [0.1, 0.15) is 17.9 Å². The molecule has 6 heteroatoms. The van der Waals surface area contributed by atoms with Crippen LogP contribution in [-0.4, -0.2) is 22.6 Å². The minimum absolute atomic E-state index is 0.00315. The van der Waals surface area contributed by atoms with Gasteiger partial charge in [0, 0.05) is 42.6 Å². The normalized spacial score (nSPS) is 12.1. The summed E-state index contributed by atoms with van der Waals surface area (Å²) >= 11 is 1.69.